The van der Waals surface area contributed by atoms with Crippen molar-refractivity contribution in [3.05, 3.63) is 59.7 Å². The van der Waals surface area contributed by atoms with Gasteiger partial charge in [0.2, 0.25) is 5.91 Å². The van der Waals surface area contributed by atoms with Crippen LogP contribution in [-0.2, 0) is 6.54 Å². The van der Waals surface area contributed by atoms with Crippen LogP contribution in [0.1, 0.15) is 15.9 Å². The number of carbonyl (C=O) groups excluding carboxylic acids is 1. The molecule has 1 heterocycles. The monoisotopic (exact) mass is 509 g/mol. The molecule has 0 saturated carbocycles. The Morgan fingerprint density at radius 2 is 1.69 bits per heavy atom. The first-order chi connectivity index (χ1) is 13.6. The number of methoxy groups -OCH3 is 1. The lowest BCUT2D eigenvalue weighted by Crippen LogP contribution is -2.52. The summed E-state index contributed by atoms with van der Waals surface area (Å²) < 4.78 is 5.23. The molecule has 1 fully saturated rings. The van der Waals surface area contributed by atoms with Gasteiger partial charge < -0.3 is 25.6 Å². The second-order valence-electron chi connectivity index (χ2n) is 6.63. The number of primary amides is 1. The van der Waals surface area contributed by atoms with Gasteiger partial charge >= 0.3 is 0 Å². The van der Waals surface area contributed by atoms with Crippen molar-refractivity contribution in [3.63, 3.8) is 0 Å². The van der Waals surface area contributed by atoms with Crippen molar-refractivity contribution < 1.29 is 9.53 Å². The van der Waals surface area contributed by atoms with Crippen molar-refractivity contribution in [1.82, 2.24) is 10.2 Å². The number of hydrogen-bond acceptors (Lipinski definition) is 4. The minimum absolute atomic E-state index is 0. The summed E-state index contributed by atoms with van der Waals surface area (Å²) in [6.07, 6.45) is 0. The molecule has 2 aromatic carbocycles. The number of amides is 1. The van der Waals surface area contributed by atoms with Crippen molar-refractivity contribution in [3.8, 4) is 5.75 Å². The predicted octanol–water partition coefficient (Wildman–Crippen LogP) is 2.31. The number of nitrogens with one attached hydrogen (secondary N) is 1. The number of nitrogens with zero attached hydrogens (tertiary/aromatic N) is 3. The van der Waals surface area contributed by atoms with Crippen LogP contribution in [-0.4, -0.2) is 57.1 Å². The van der Waals surface area contributed by atoms with Crippen molar-refractivity contribution in [2.45, 2.75) is 6.54 Å². The van der Waals surface area contributed by atoms with E-state index in [1.807, 2.05) is 24.3 Å². The second-order valence-corrected chi connectivity index (χ2v) is 6.63. The highest BCUT2D eigenvalue weighted by atomic mass is 127. The van der Waals surface area contributed by atoms with Gasteiger partial charge in [0, 0.05) is 51.0 Å². The third kappa shape index (κ3) is 5.99. The highest BCUT2D eigenvalue weighted by molar-refractivity contribution is 14.0. The van der Waals surface area contributed by atoms with Crippen LogP contribution >= 0.6 is 24.0 Å². The van der Waals surface area contributed by atoms with E-state index < -0.39 is 5.91 Å². The summed E-state index contributed by atoms with van der Waals surface area (Å²) in [5.74, 6) is 1.34. The van der Waals surface area contributed by atoms with Gasteiger partial charge in [0.15, 0.2) is 5.96 Å². The number of carbonyl (C=O) groups is 1. The molecule has 29 heavy (non-hydrogen) atoms. The first kappa shape index (κ1) is 22.8. The maximum absolute atomic E-state index is 11.2. The molecule has 156 valence electrons. The maximum Gasteiger partial charge on any atom is 0.248 e. The normalized spacial score (nSPS) is 14.2. The smallest absolute Gasteiger partial charge is 0.248 e. The molecule has 0 bridgehead atoms. The van der Waals surface area contributed by atoms with Crippen LogP contribution in [0.5, 0.6) is 5.75 Å². The van der Waals surface area contributed by atoms with Crippen LogP contribution in [0.2, 0.25) is 0 Å². The number of piperazine rings is 1. The van der Waals surface area contributed by atoms with E-state index in [0.717, 1.165) is 43.5 Å². The molecule has 0 unspecified atom stereocenters. The average Bonchev–Trinajstić information content (AvgIpc) is 2.75. The van der Waals surface area contributed by atoms with Crippen LogP contribution in [0.15, 0.2) is 53.5 Å². The summed E-state index contributed by atoms with van der Waals surface area (Å²) in [4.78, 5) is 20.2. The molecule has 3 rings (SSSR count). The van der Waals surface area contributed by atoms with Crippen molar-refractivity contribution in [1.29, 1.82) is 0 Å². The molecule has 1 amide bonds. The molecule has 1 aliphatic rings. The van der Waals surface area contributed by atoms with E-state index >= 15 is 0 Å². The van der Waals surface area contributed by atoms with Gasteiger partial charge in [-0.15, -0.1) is 24.0 Å². The Bertz CT molecular complexity index is 816. The molecular weight excluding hydrogens is 481 g/mol. The maximum atomic E-state index is 11.2. The van der Waals surface area contributed by atoms with Crippen LogP contribution in [0.4, 0.5) is 5.69 Å². The van der Waals surface area contributed by atoms with Gasteiger partial charge in [-0.3, -0.25) is 9.79 Å². The van der Waals surface area contributed by atoms with Crippen molar-refractivity contribution in [2.75, 3.05) is 45.2 Å². The van der Waals surface area contributed by atoms with E-state index in [2.05, 4.69) is 32.2 Å². The lowest BCUT2D eigenvalue weighted by atomic mass is 10.1. The van der Waals surface area contributed by atoms with E-state index in [4.69, 9.17) is 10.5 Å². The van der Waals surface area contributed by atoms with E-state index in [9.17, 15) is 4.79 Å². The van der Waals surface area contributed by atoms with Crippen LogP contribution < -0.4 is 20.7 Å². The van der Waals surface area contributed by atoms with Gasteiger partial charge in [-0.1, -0.05) is 12.1 Å². The Labute approximate surface area is 188 Å². The number of aliphatic imine (C=N–C) groups is 1. The number of guanidine groups is 1. The molecule has 7 nitrogen and oxygen atoms in total. The minimum Gasteiger partial charge on any atom is -0.497 e. The number of halogens is 1. The summed E-state index contributed by atoms with van der Waals surface area (Å²) in [5.41, 5.74) is 8.08. The van der Waals surface area contributed by atoms with Crippen LogP contribution in [0.3, 0.4) is 0 Å². The molecule has 0 radical (unpaired) electrons. The molecule has 2 aromatic rings. The van der Waals surface area contributed by atoms with Crippen LogP contribution in [0.25, 0.3) is 0 Å². The molecule has 1 saturated heterocycles. The molecule has 0 spiro atoms. The highest BCUT2D eigenvalue weighted by Gasteiger charge is 2.19. The standard InChI is InChI=1S/C21H27N5O2.HI/c1-23-21(24-15-16-3-5-17(6-4-16)20(22)27)26-13-11-25(12-14-26)18-7-9-19(28-2)10-8-18;/h3-10H,11-15H2,1-2H3,(H2,22,27)(H,23,24);1H. The Kier molecular flexibility index (Phi) is 8.56. The fourth-order valence-electron chi connectivity index (χ4n) is 3.27. The Morgan fingerprint density at radius 1 is 1.07 bits per heavy atom. The van der Waals surface area contributed by atoms with Gasteiger partial charge in [-0.05, 0) is 42.0 Å². The number of nitrogens with two attached hydrogens (primary N) is 1. The summed E-state index contributed by atoms with van der Waals surface area (Å²) in [5, 5.41) is 3.40. The Morgan fingerprint density at radius 3 is 2.21 bits per heavy atom. The fourth-order valence-corrected chi connectivity index (χ4v) is 3.27. The number of anilines is 1. The van der Waals surface area contributed by atoms with E-state index in [1.165, 1.54) is 5.69 Å². The van der Waals surface area contributed by atoms with Gasteiger partial charge in [0.05, 0.1) is 7.11 Å². The first-order valence-electron chi connectivity index (χ1n) is 9.34. The van der Waals surface area contributed by atoms with Crippen LogP contribution in [0, 0.1) is 0 Å². The number of ether oxygens (including phenoxy) is 1. The van der Waals surface area contributed by atoms with Gasteiger partial charge in [-0.25, -0.2) is 0 Å². The number of benzene rings is 2. The minimum atomic E-state index is -0.412. The molecule has 0 atom stereocenters. The van der Waals surface area contributed by atoms with Crippen molar-refractivity contribution >= 4 is 41.5 Å². The zero-order valence-corrected chi connectivity index (χ0v) is 19.1. The zero-order chi connectivity index (χ0) is 19.9. The third-order valence-corrected chi connectivity index (χ3v) is 4.92. The van der Waals surface area contributed by atoms with Gasteiger partial charge in [-0.2, -0.15) is 0 Å². The predicted molar refractivity (Wildman–Crippen MR) is 127 cm³/mol. The quantitative estimate of drug-likeness (QED) is 0.368. The zero-order valence-electron chi connectivity index (χ0n) is 16.8. The summed E-state index contributed by atoms with van der Waals surface area (Å²) in [7, 11) is 3.48. The average molecular weight is 509 g/mol. The van der Waals surface area contributed by atoms with E-state index in [-0.39, 0.29) is 24.0 Å². The summed E-state index contributed by atoms with van der Waals surface area (Å²) >= 11 is 0. The number of rotatable bonds is 5. The number of hydrogen-bond donors (Lipinski definition) is 2. The summed E-state index contributed by atoms with van der Waals surface area (Å²) in [6, 6.07) is 15.5. The lowest BCUT2D eigenvalue weighted by molar-refractivity contribution is 0.100. The van der Waals surface area contributed by atoms with Gasteiger partial charge in [0.1, 0.15) is 5.75 Å². The largest absolute Gasteiger partial charge is 0.497 e. The van der Waals surface area contributed by atoms with E-state index in [1.54, 1.807) is 26.3 Å². The van der Waals surface area contributed by atoms with E-state index in [0.29, 0.717) is 12.1 Å². The molecule has 0 aromatic heterocycles. The fraction of sp³-hybridized carbons (Fsp3) is 0.333. The van der Waals surface area contributed by atoms with Gasteiger partial charge in [0.25, 0.3) is 0 Å². The first-order valence-corrected chi connectivity index (χ1v) is 9.34. The summed E-state index contributed by atoms with van der Waals surface area (Å²) in [6.45, 7) is 4.30. The molecular formula is C21H28IN5O2. The molecule has 1 aliphatic heterocycles. The lowest BCUT2D eigenvalue weighted by Gasteiger charge is -2.37. The SMILES string of the molecule is CN=C(NCc1ccc(C(N)=O)cc1)N1CCN(c2ccc(OC)cc2)CC1.I. The highest BCUT2D eigenvalue weighted by Crippen LogP contribution is 2.20. The topological polar surface area (TPSA) is 83.2 Å². The van der Waals surface area contributed by atoms with Crippen molar-refractivity contribution in [2.24, 2.45) is 10.7 Å². The molecule has 8 heteroatoms. The Hall–Kier alpha value is -2.49. The molecule has 0 aliphatic carbocycles. The second kappa shape index (κ2) is 10.9. The molecule has 3 N–H and O–H groups in total. The Balaban J connectivity index is 0.00000300. The third-order valence-electron chi connectivity index (χ3n) is 4.92.